The fraction of sp³-hybridized carbons (Fsp3) is 0.667. The van der Waals surface area contributed by atoms with Crippen LogP contribution in [-0.4, -0.2) is 36.1 Å². The van der Waals surface area contributed by atoms with Crippen molar-refractivity contribution in [1.29, 1.82) is 0 Å². The van der Waals surface area contributed by atoms with Gasteiger partial charge in [0.25, 0.3) is 0 Å². The summed E-state index contributed by atoms with van der Waals surface area (Å²) in [6.45, 7) is 0. The molecule has 11 heavy (non-hydrogen) atoms. The lowest BCUT2D eigenvalue weighted by molar-refractivity contribution is -0.139. The maximum atomic E-state index is 11.2. The quantitative estimate of drug-likeness (QED) is 0.547. The van der Waals surface area contributed by atoms with E-state index < -0.39 is 24.6 Å². The Bertz CT molecular complexity index is 280. The standard InChI is InChI=1S/C6H12N2O3/c1-8(2)7-5(9)3-4-6(10)11/h3-4H2,1-2H3,(H,7,9)(H,10,11)/i3D2,4D2. The summed E-state index contributed by atoms with van der Waals surface area (Å²) in [6.07, 6.45) is -6.43. The molecule has 0 aliphatic heterocycles. The van der Waals surface area contributed by atoms with E-state index in [0.29, 0.717) is 0 Å². The smallest absolute Gasteiger partial charge is 0.303 e. The van der Waals surface area contributed by atoms with Crippen LogP contribution in [0, 0.1) is 0 Å². The van der Waals surface area contributed by atoms with Crippen LogP contribution >= 0.6 is 0 Å². The molecule has 0 aromatic carbocycles. The number of hydrogen-bond donors (Lipinski definition) is 2. The van der Waals surface area contributed by atoms with Crippen LogP contribution in [0.5, 0.6) is 0 Å². The lowest BCUT2D eigenvalue weighted by Crippen LogP contribution is -2.36. The highest BCUT2D eigenvalue weighted by Crippen LogP contribution is 1.87. The lowest BCUT2D eigenvalue weighted by Gasteiger charge is -2.10. The van der Waals surface area contributed by atoms with Crippen LogP contribution in [0.4, 0.5) is 0 Å². The molecule has 0 saturated heterocycles. The fourth-order valence-electron chi connectivity index (χ4n) is 0.341. The van der Waals surface area contributed by atoms with E-state index in [9.17, 15) is 9.59 Å². The van der Waals surface area contributed by atoms with Crippen molar-refractivity contribution >= 4 is 11.9 Å². The number of hydrazine groups is 1. The van der Waals surface area contributed by atoms with E-state index in [-0.39, 0.29) is 0 Å². The maximum absolute atomic E-state index is 11.2. The SMILES string of the molecule is [2H]C([2H])(C(=O)O)C([2H])([2H])C(=O)NN(C)C. The molecule has 2 N–H and O–H groups in total. The van der Waals surface area contributed by atoms with Gasteiger partial charge in [-0.05, 0) is 0 Å². The number of carbonyl (C=O) groups is 2. The third-order valence-electron chi connectivity index (χ3n) is 0.608. The topological polar surface area (TPSA) is 69.6 Å². The van der Waals surface area contributed by atoms with E-state index in [1.165, 1.54) is 14.1 Å². The molecule has 0 aliphatic carbocycles. The van der Waals surface area contributed by atoms with Crippen LogP contribution in [0.2, 0.25) is 0 Å². The van der Waals surface area contributed by atoms with E-state index in [1.807, 2.05) is 5.43 Å². The largest absolute Gasteiger partial charge is 0.481 e. The number of hydrogen-bond acceptors (Lipinski definition) is 3. The van der Waals surface area contributed by atoms with Crippen LogP contribution < -0.4 is 5.43 Å². The van der Waals surface area contributed by atoms with Gasteiger partial charge in [0.1, 0.15) is 0 Å². The molecule has 0 unspecified atom stereocenters. The molecule has 0 aromatic rings. The summed E-state index contributed by atoms with van der Waals surface area (Å²) in [6, 6.07) is 0. The zero-order valence-electron chi connectivity index (χ0n) is 10.2. The van der Waals surface area contributed by atoms with Gasteiger partial charge in [0.2, 0.25) is 5.91 Å². The van der Waals surface area contributed by atoms with Crippen LogP contribution in [0.25, 0.3) is 0 Å². The number of rotatable bonds is 4. The van der Waals surface area contributed by atoms with E-state index in [2.05, 4.69) is 0 Å². The van der Waals surface area contributed by atoms with Gasteiger partial charge < -0.3 is 5.11 Å². The zero-order valence-corrected chi connectivity index (χ0v) is 6.21. The molecule has 0 rings (SSSR count). The van der Waals surface area contributed by atoms with E-state index in [1.54, 1.807) is 0 Å². The number of carboxylic acid groups (broad SMARTS) is 1. The maximum Gasteiger partial charge on any atom is 0.303 e. The van der Waals surface area contributed by atoms with Gasteiger partial charge in [0.15, 0.2) is 0 Å². The Morgan fingerprint density at radius 3 is 2.45 bits per heavy atom. The number of aliphatic carboxylic acids is 1. The van der Waals surface area contributed by atoms with Crippen molar-refractivity contribution in [3.63, 3.8) is 0 Å². The van der Waals surface area contributed by atoms with Crippen LogP contribution in [0.3, 0.4) is 0 Å². The molecule has 64 valence electrons. The van der Waals surface area contributed by atoms with Gasteiger partial charge in [0, 0.05) is 26.0 Å². The highest BCUT2D eigenvalue weighted by Gasteiger charge is 2.04. The molecule has 0 radical (unpaired) electrons. The first-order chi connectivity index (χ1) is 6.53. The minimum absolute atomic E-state index is 1.10. The Labute approximate surface area is 70.6 Å². The fourth-order valence-corrected chi connectivity index (χ4v) is 0.341. The number of nitrogens with one attached hydrogen (secondary N) is 1. The van der Waals surface area contributed by atoms with Crippen molar-refractivity contribution in [2.75, 3.05) is 14.1 Å². The molecule has 0 fully saturated rings. The first-order valence-electron chi connectivity index (χ1n) is 4.75. The summed E-state index contributed by atoms with van der Waals surface area (Å²) in [4.78, 5) is 21.6. The highest BCUT2D eigenvalue weighted by molar-refractivity contribution is 5.80. The van der Waals surface area contributed by atoms with Crippen molar-refractivity contribution in [3.8, 4) is 0 Å². The molecule has 0 saturated carbocycles. The molecule has 0 bridgehead atoms. The molecule has 0 atom stereocenters. The van der Waals surface area contributed by atoms with Crippen LogP contribution in [0.15, 0.2) is 0 Å². The van der Waals surface area contributed by atoms with Gasteiger partial charge >= 0.3 is 5.97 Å². The van der Waals surface area contributed by atoms with Crippen molar-refractivity contribution < 1.29 is 20.2 Å². The summed E-state index contributed by atoms with van der Waals surface area (Å²) in [7, 11) is 2.79. The average Bonchev–Trinajstić information content (AvgIpc) is 2.01. The van der Waals surface area contributed by atoms with E-state index in [4.69, 9.17) is 10.6 Å². The molecular formula is C6H12N2O3. The van der Waals surface area contributed by atoms with Crippen molar-refractivity contribution in [3.05, 3.63) is 0 Å². The third-order valence-corrected chi connectivity index (χ3v) is 0.608. The van der Waals surface area contributed by atoms with Gasteiger partial charge in [-0.2, -0.15) is 0 Å². The molecule has 0 aromatic heterocycles. The first-order valence-corrected chi connectivity index (χ1v) is 2.75. The van der Waals surface area contributed by atoms with Crippen molar-refractivity contribution in [1.82, 2.24) is 10.4 Å². The lowest BCUT2D eigenvalue weighted by atomic mass is 10.3. The monoisotopic (exact) mass is 164 g/mol. The number of carboxylic acids is 1. The normalized spacial score (nSPS) is 17.7. The molecule has 5 heteroatoms. The average molecular weight is 164 g/mol. The molecule has 1 amide bonds. The summed E-state index contributed by atoms with van der Waals surface area (Å²) in [5.74, 6) is -3.37. The van der Waals surface area contributed by atoms with Gasteiger partial charge in [-0.3, -0.25) is 15.0 Å². The van der Waals surface area contributed by atoms with Crippen molar-refractivity contribution in [2.45, 2.75) is 12.7 Å². The second kappa shape index (κ2) is 4.68. The van der Waals surface area contributed by atoms with E-state index >= 15 is 0 Å². The van der Waals surface area contributed by atoms with Gasteiger partial charge in [-0.1, -0.05) is 0 Å². The Kier molecular flexibility index (Phi) is 2.00. The predicted octanol–water partition coefficient (Wildman–Crippen LogP) is -0.556. The Morgan fingerprint density at radius 1 is 1.55 bits per heavy atom. The second-order valence-electron chi connectivity index (χ2n) is 1.89. The number of nitrogens with zero attached hydrogens (tertiary/aromatic N) is 1. The van der Waals surface area contributed by atoms with Gasteiger partial charge in [0.05, 0.1) is 6.37 Å². The van der Waals surface area contributed by atoms with Crippen LogP contribution in [0.1, 0.15) is 18.2 Å². The summed E-state index contributed by atoms with van der Waals surface area (Å²) in [5.41, 5.74) is 1.96. The third kappa shape index (κ3) is 6.79. The summed E-state index contributed by atoms with van der Waals surface area (Å²) < 4.78 is 28.2. The van der Waals surface area contributed by atoms with E-state index in [0.717, 1.165) is 5.01 Å². The summed E-state index contributed by atoms with van der Waals surface area (Å²) >= 11 is 0. The minimum atomic E-state index is -3.28. The second-order valence-corrected chi connectivity index (χ2v) is 1.89. The number of carbonyl (C=O) groups excluding carboxylic acids is 1. The van der Waals surface area contributed by atoms with Gasteiger partial charge in [-0.15, -0.1) is 0 Å². The van der Waals surface area contributed by atoms with Gasteiger partial charge in [-0.25, -0.2) is 5.01 Å². The van der Waals surface area contributed by atoms with Crippen LogP contribution in [-0.2, 0) is 9.59 Å². The van der Waals surface area contributed by atoms with Crippen molar-refractivity contribution in [2.24, 2.45) is 0 Å². The molecule has 0 heterocycles. The Morgan fingerprint density at radius 2 is 2.09 bits per heavy atom. The molecule has 0 aliphatic rings. The molecule has 5 nitrogen and oxygen atoms in total. The Balaban J connectivity index is 4.96. The molecular weight excluding hydrogens is 148 g/mol. The number of amides is 1. The first kappa shape index (κ1) is 4.71. The predicted molar refractivity (Wildman–Crippen MR) is 38.7 cm³/mol. The highest BCUT2D eigenvalue weighted by atomic mass is 16.4. The minimum Gasteiger partial charge on any atom is -0.481 e. The zero-order chi connectivity index (χ0) is 12.4. The molecule has 0 spiro atoms. The summed E-state index contributed by atoms with van der Waals surface area (Å²) in [5, 5.41) is 9.55. The Hall–Kier alpha value is -1.10.